The van der Waals surface area contributed by atoms with Gasteiger partial charge in [0.15, 0.2) is 0 Å². The lowest BCUT2D eigenvalue weighted by molar-refractivity contribution is -0.125. The first-order chi connectivity index (χ1) is 11.1. The molecule has 0 spiro atoms. The van der Waals surface area contributed by atoms with E-state index >= 15 is 0 Å². The second-order valence-corrected chi connectivity index (χ2v) is 6.34. The van der Waals surface area contributed by atoms with Crippen LogP contribution in [0.15, 0.2) is 48.5 Å². The summed E-state index contributed by atoms with van der Waals surface area (Å²) in [6.07, 6.45) is 1.80. The van der Waals surface area contributed by atoms with Crippen molar-refractivity contribution >= 4 is 5.78 Å². The van der Waals surface area contributed by atoms with Crippen molar-refractivity contribution in [1.29, 1.82) is 0 Å². The van der Waals surface area contributed by atoms with Gasteiger partial charge in [0.05, 0.1) is 5.60 Å². The maximum Gasteiger partial charge on any atom is 0.133 e. The zero-order valence-corrected chi connectivity index (χ0v) is 13.4. The number of hydrogen-bond donors (Lipinski definition) is 1. The van der Waals surface area contributed by atoms with E-state index in [-0.39, 0.29) is 5.78 Å². The highest BCUT2D eigenvalue weighted by Crippen LogP contribution is 2.40. The van der Waals surface area contributed by atoms with Gasteiger partial charge in [-0.15, -0.1) is 0 Å². The number of ether oxygens (including phenoxy) is 1. The lowest BCUT2D eigenvalue weighted by atomic mass is 9.78. The summed E-state index contributed by atoms with van der Waals surface area (Å²) in [5, 5.41) is 11.0. The number of carbonyl (C=O) groups excluding carboxylic acids is 1. The molecule has 0 saturated heterocycles. The zero-order valence-electron chi connectivity index (χ0n) is 13.4. The fourth-order valence-electron chi connectivity index (χ4n) is 3.08. The van der Waals surface area contributed by atoms with E-state index in [2.05, 4.69) is 0 Å². The first-order valence-electron chi connectivity index (χ1n) is 8.09. The SMILES string of the molecule is Cc1ccc(OCc2ccccc2)c(C2(O)CCC(=O)CC2)c1. The van der Waals surface area contributed by atoms with Gasteiger partial charge in [-0.3, -0.25) is 4.79 Å². The standard InChI is InChI=1S/C20H22O3/c1-15-7-8-19(23-14-16-5-3-2-4-6-16)18(13-15)20(22)11-9-17(21)10-12-20/h2-8,13,22H,9-12,14H2,1H3. The quantitative estimate of drug-likeness (QED) is 0.931. The molecule has 3 nitrogen and oxygen atoms in total. The number of benzene rings is 2. The van der Waals surface area contributed by atoms with Crippen LogP contribution in [-0.4, -0.2) is 10.9 Å². The van der Waals surface area contributed by atoms with Gasteiger partial charge >= 0.3 is 0 Å². The van der Waals surface area contributed by atoms with Gasteiger partial charge in [0, 0.05) is 18.4 Å². The Balaban J connectivity index is 1.84. The predicted octanol–water partition coefficient (Wildman–Crippen LogP) is 3.90. The molecule has 0 unspecified atom stereocenters. The molecule has 0 atom stereocenters. The maximum atomic E-state index is 11.5. The summed E-state index contributed by atoms with van der Waals surface area (Å²) in [7, 11) is 0. The molecule has 0 amide bonds. The normalized spacial score (nSPS) is 17.0. The first kappa shape index (κ1) is 15.8. The van der Waals surface area contributed by atoms with Crippen LogP contribution in [-0.2, 0) is 17.0 Å². The number of ketones is 1. The van der Waals surface area contributed by atoms with Crippen molar-refractivity contribution < 1.29 is 14.6 Å². The Morgan fingerprint density at radius 2 is 1.78 bits per heavy atom. The molecule has 1 fully saturated rings. The molecule has 1 N–H and O–H groups in total. The molecule has 2 aromatic rings. The third kappa shape index (κ3) is 3.62. The van der Waals surface area contributed by atoms with E-state index in [9.17, 15) is 9.90 Å². The summed E-state index contributed by atoms with van der Waals surface area (Å²) < 4.78 is 5.98. The highest BCUT2D eigenvalue weighted by molar-refractivity contribution is 5.79. The summed E-state index contributed by atoms with van der Waals surface area (Å²) in [6, 6.07) is 15.9. The molecule has 1 saturated carbocycles. The molecular formula is C20H22O3. The van der Waals surface area contributed by atoms with Gasteiger partial charge in [0.1, 0.15) is 18.1 Å². The van der Waals surface area contributed by atoms with Crippen molar-refractivity contribution in [2.24, 2.45) is 0 Å². The van der Waals surface area contributed by atoms with E-state index in [1.54, 1.807) is 0 Å². The molecule has 23 heavy (non-hydrogen) atoms. The number of aliphatic hydroxyl groups is 1. The minimum Gasteiger partial charge on any atom is -0.489 e. The van der Waals surface area contributed by atoms with Gasteiger partial charge in [0.25, 0.3) is 0 Å². The molecule has 1 aliphatic carbocycles. The second-order valence-electron chi connectivity index (χ2n) is 6.34. The van der Waals surface area contributed by atoms with Crippen LogP contribution in [0.3, 0.4) is 0 Å². The minimum absolute atomic E-state index is 0.231. The Morgan fingerprint density at radius 1 is 1.09 bits per heavy atom. The van der Waals surface area contributed by atoms with Gasteiger partial charge in [-0.25, -0.2) is 0 Å². The molecule has 3 heteroatoms. The smallest absolute Gasteiger partial charge is 0.133 e. The molecule has 2 aromatic carbocycles. The van der Waals surface area contributed by atoms with Gasteiger partial charge in [0.2, 0.25) is 0 Å². The van der Waals surface area contributed by atoms with Crippen LogP contribution in [0.5, 0.6) is 5.75 Å². The molecule has 0 aromatic heterocycles. The molecule has 0 aliphatic heterocycles. The number of carbonyl (C=O) groups is 1. The molecule has 3 rings (SSSR count). The topological polar surface area (TPSA) is 46.5 Å². The first-order valence-corrected chi connectivity index (χ1v) is 8.09. The fourth-order valence-corrected chi connectivity index (χ4v) is 3.08. The summed E-state index contributed by atoms with van der Waals surface area (Å²) in [4.78, 5) is 11.5. The van der Waals surface area contributed by atoms with E-state index in [1.165, 1.54) is 0 Å². The van der Waals surface area contributed by atoms with Crippen molar-refractivity contribution in [3.8, 4) is 5.75 Å². The van der Waals surface area contributed by atoms with Crippen molar-refractivity contribution in [2.45, 2.75) is 44.8 Å². The minimum atomic E-state index is -0.966. The van der Waals surface area contributed by atoms with Crippen molar-refractivity contribution in [2.75, 3.05) is 0 Å². The average Bonchev–Trinajstić information content (AvgIpc) is 2.57. The maximum absolute atomic E-state index is 11.5. The lowest BCUT2D eigenvalue weighted by Gasteiger charge is -2.33. The number of Topliss-reactive ketones (excluding diaryl/α,β-unsaturated/α-hetero) is 1. The number of hydrogen-bond acceptors (Lipinski definition) is 3. The van der Waals surface area contributed by atoms with E-state index in [4.69, 9.17) is 4.74 Å². The molecule has 0 bridgehead atoms. The van der Waals surface area contributed by atoms with E-state index in [0.29, 0.717) is 38.0 Å². The van der Waals surface area contributed by atoms with Crippen LogP contribution in [0.2, 0.25) is 0 Å². The van der Waals surface area contributed by atoms with Crippen LogP contribution < -0.4 is 4.74 Å². The third-order valence-electron chi connectivity index (χ3n) is 4.51. The van der Waals surface area contributed by atoms with Crippen LogP contribution in [0.25, 0.3) is 0 Å². The molecular weight excluding hydrogens is 288 g/mol. The summed E-state index contributed by atoms with van der Waals surface area (Å²) in [6.45, 7) is 2.47. The Morgan fingerprint density at radius 3 is 2.48 bits per heavy atom. The van der Waals surface area contributed by atoms with Crippen molar-refractivity contribution in [3.05, 3.63) is 65.2 Å². The Bertz CT molecular complexity index is 681. The molecule has 120 valence electrons. The Labute approximate surface area is 136 Å². The van der Waals surface area contributed by atoms with Crippen LogP contribution >= 0.6 is 0 Å². The van der Waals surface area contributed by atoms with E-state index in [1.807, 2.05) is 55.5 Å². The van der Waals surface area contributed by atoms with Crippen molar-refractivity contribution in [3.63, 3.8) is 0 Å². The lowest BCUT2D eigenvalue weighted by Crippen LogP contribution is -2.32. The molecule has 0 heterocycles. The number of rotatable bonds is 4. The van der Waals surface area contributed by atoms with Crippen LogP contribution in [0, 0.1) is 6.92 Å². The predicted molar refractivity (Wildman–Crippen MR) is 89.3 cm³/mol. The fraction of sp³-hybridized carbons (Fsp3) is 0.350. The highest BCUT2D eigenvalue weighted by Gasteiger charge is 2.36. The second kappa shape index (κ2) is 6.55. The largest absolute Gasteiger partial charge is 0.489 e. The summed E-state index contributed by atoms with van der Waals surface area (Å²) >= 11 is 0. The summed E-state index contributed by atoms with van der Waals surface area (Å²) in [5.74, 6) is 0.936. The Hall–Kier alpha value is -2.13. The molecule has 1 aliphatic rings. The van der Waals surface area contributed by atoms with Gasteiger partial charge < -0.3 is 9.84 Å². The average molecular weight is 310 g/mol. The Kier molecular flexibility index (Phi) is 4.49. The van der Waals surface area contributed by atoms with E-state index in [0.717, 1.165) is 16.7 Å². The molecule has 0 radical (unpaired) electrons. The van der Waals surface area contributed by atoms with Gasteiger partial charge in [-0.05, 0) is 37.5 Å². The van der Waals surface area contributed by atoms with Gasteiger partial charge in [-0.2, -0.15) is 0 Å². The number of aryl methyl sites for hydroxylation is 1. The zero-order chi connectivity index (χ0) is 16.3. The van der Waals surface area contributed by atoms with Crippen molar-refractivity contribution in [1.82, 2.24) is 0 Å². The van der Waals surface area contributed by atoms with Gasteiger partial charge in [-0.1, -0.05) is 42.0 Å². The van der Waals surface area contributed by atoms with Crippen LogP contribution in [0.1, 0.15) is 42.4 Å². The van der Waals surface area contributed by atoms with E-state index < -0.39 is 5.60 Å². The third-order valence-corrected chi connectivity index (χ3v) is 4.51. The monoisotopic (exact) mass is 310 g/mol. The highest BCUT2D eigenvalue weighted by atomic mass is 16.5. The summed E-state index contributed by atoms with van der Waals surface area (Å²) in [5.41, 5.74) is 2.01. The van der Waals surface area contributed by atoms with Crippen LogP contribution in [0.4, 0.5) is 0 Å².